The third-order valence-corrected chi connectivity index (χ3v) is 4.20. The minimum Gasteiger partial charge on any atom is -0.405 e. The van der Waals surface area contributed by atoms with Crippen molar-refractivity contribution in [2.75, 3.05) is 0 Å². The average Bonchev–Trinajstić information content (AvgIpc) is 2.72. The molecule has 3 rings (SSSR count). The van der Waals surface area contributed by atoms with Gasteiger partial charge in [0, 0.05) is 36.1 Å². The third kappa shape index (κ3) is 5.22. The highest BCUT2D eigenvalue weighted by molar-refractivity contribution is 5.79. The Morgan fingerprint density at radius 3 is 2.53 bits per heavy atom. The molecule has 3 aromatic rings. The monoisotopic (exact) mass is 418 g/mol. The molecule has 0 saturated carbocycles. The highest BCUT2D eigenvalue weighted by Gasteiger charge is 2.32. The van der Waals surface area contributed by atoms with Gasteiger partial charge < -0.3 is 10.1 Å². The van der Waals surface area contributed by atoms with E-state index in [1.807, 2.05) is 0 Å². The number of aromatic nitrogens is 3. The van der Waals surface area contributed by atoms with Gasteiger partial charge in [-0.1, -0.05) is 18.2 Å². The number of carbonyl (C=O) groups excluding carboxylic acids is 1. The number of carbonyl (C=O) groups is 1. The molecule has 0 spiro atoms. The van der Waals surface area contributed by atoms with Crippen molar-refractivity contribution in [2.45, 2.75) is 25.9 Å². The molecule has 0 fully saturated rings. The van der Waals surface area contributed by atoms with Crippen molar-refractivity contribution in [1.29, 1.82) is 0 Å². The molecule has 0 radical (unpaired) electrons. The minimum absolute atomic E-state index is 0.140. The van der Waals surface area contributed by atoms with Crippen LogP contribution in [0, 0.1) is 0 Å². The molecule has 7 nitrogen and oxygen atoms in total. The van der Waals surface area contributed by atoms with Crippen LogP contribution >= 0.6 is 0 Å². The lowest BCUT2D eigenvalue weighted by Gasteiger charge is -2.17. The van der Waals surface area contributed by atoms with Gasteiger partial charge in [0.2, 0.25) is 5.91 Å². The van der Waals surface area contributed by atoms with Gasteiger partial charge >= 0.3 is 6.36 Å². The van der Waals surface area contributed by atoms with Crippen LogP contribution in [-0.2, 0) is 11.3 Å². The smallest absolute Gasteiger partial charge is 0.405 e. The quantitative estimate of drug-likeness (QED) is 0.665. The van der Waals surface area contributed by atoms with E-state index in [1.165, 1.54) is 37.3 Å². The van der Waals surface area contributed by atoms with Crippen molar-refractivity contribution in [3.63, 3.8) is 0 Å². The maximum atomic E-state index is 12.5. The van der Waals surface area contributed by atoms with Gasteiger partial charge in [0.05, 0.1) is 5.69 Å². The van der Waals surface area contributed by atoms with E-state index in [-0.39, 0.29) is 12.1 Å². The molecule has 0 saturated heterocycles. The standard InChI is InChI=1S/C20H17F3N4O3/c1-13(27-18(28)7-6-16(26-27)14-8-10-24-11-9-14)19(29)25-12-15-4-2-3-5-17(15)30-20(21,22)23/h2-11,13H,12H2,1H3,(H,25,29). The van der Waals surface area contributed by atoms with Gasteiger partial charge in [-0.25, -0.2) is 4.68 Å². The fourth-order valence-electron chi connectivity index (χ4n) is 2.69. The van der Waals surface area contributed by atoms with Crippen LogP contribution in [0.2, 0.25) is 0 Å². The van der Waals surface area contributed by atoms with E-state index >= 15 is 0 Å². The number of hydrogen-bond acceptors (Lipinski definition) is 5. The number of nitrogens with zero attached hydrogens (tertiary/aromatic N) is 3. The van der Waals surface area contributed by atoms with Gasteiger partial charge in [0.1, 0.15) is 11.8 Å². The molecule has 10 heteroatoms. The molecule has 1 amide bonds. The minimum atomic E-state index is -4.85. The predicted molar refractivity (Wildman–Crippen MR) is 101 cm³/mol. The summed E-state index contributed by atoms with van der Waals surface area (Å²) < 4.78 is 42.6. The maximum absolute atomic E-state index is 12.5. The summed E-state index contributed by atoms with van der Waals surface area (Å²) in [6.07, 6.45) is -1.70. The van der Waals surface area contributed by atoms with Crippen molar-refractivity contribution in [1.82, 2.24) is 20.1 Å². The Bertz CT molecular complexity index is 1080. The summed E-state index contributed by atoms with van der Waals surface area (Å²) >= 11 is 0. The molecule has 1 N–H and O–H groups in total. The summed E-state index contributed by atoms with van der Waals surface area (Å²) in [7, 11) is 0. The molecule has 2 aromatic heterocycles. The lowest BCUT2D eigenvalue weighted by molar-refractivity contribution is -0.274. The van der Waals surface area contributed by atoms with Crippen molar-refractivity contribution < 1.29 is 22.7 Å². The largest absolute Gasteiger partial charge is 0.573 e. The van der Waals surface area contributed by atoms with Gasteiger partial charge in [0.15, 0.2) is 0 Å². The van der Waals surface area contributed by atoms with Crippen molar-refractivity contribution in [3.8, 4) is 17.0 Å². The van der Waals surface area contributed by atoms with E-state index in [9.17, 15) is 22.8 Å². The number of nitrogens with one attached hydrogen (secondary N) is 1. The number of ether oxygens (including phenoxy) is 1. The van der Waals surface area contributed by atoms with Crippen LogP contribution in [0.1, 0.15) is 18.5 Å². The first-order valence-corrected chi connectivity index (χ1v) is 8.86. The Morgan fingerprint density at radius 1 is 1.13 bits per heavy atom. The number of amides is 1. The molecule has 1 unspecified atom stereocenters. The zero-order valence-corrected chi connectivity index (χ0v) is 15.8. The lowest BCUT2D eigenvalue weighted by atomic mass is 10.2. The Balaban J connectivity index is 1.75. The summed E-state index contributed by atoms with van der Waals surface area (Å²) in [6, 6.07) is 10.7. The zero-order valence-electron chi connectivity index (χ0n) is 15.8. The number of rotatable bonds is 6. The van der Waals surface area contributed by atoms with Gasteiger partial charge in [-0.2, -0.15) is 5.10 Å². The second-order valence-corrected chi connectivity index (χ2v) is 6.29. The summed E-state index contributed by atoms with van der Waals surface area (Å²) in [4.78, 5) is 28.6. The SMILES string of the molecule is CC(C(=O)NCc1ccccc1OC(F)(F)F)n1nc(-c2ccncc2)ccc1=O. The normalized spacial score (nSPS) is 12.3. The molecule has 2 heterocycles. The summed E-state index contributed by atoms with van der Waals surface area (Å²) in [6.45, 7) is 1.26. The summed E-state index contributed by atoms with van der Waals surface area (Å²) in [5.74, 6) is -0.994. The van der Waals surface area contributed by atoms with E-state index in [2.05, 4.69) is 20.1 Å². The summed E-state index contributed by atoms with van der Waals surface area (Å²) in [5.41, 5.74) is 0.836. The first-order chi connectivity index (χ1) is 14.2. The fourth-order valence-corrected chi connectivity index (χ4v) is 2.69. The Kier molecular flexibility index (Phi) is 6.14. The van der Waals surface area contributed by atoms with Crippen LogP contribution in [-0.4, -0.2) is 27.0 Å². The van der Waals surface area contributed by atoms with E-state index in [0.717, 1.165) is 10.7 Å². The van der Waals surface area contributed by atoms with Gasteiger partial charge in [-0.05, 0) is 31.2 Å². The van der Waals surface area contributed by atoms with Gasteiger partial charge in [-0.3, -0.25) is 14.6 Å². The molecule has 1 atom stereocenters. The third-order valence-electron chi connectivity index (χ3n) is 4.20. The highest BCUT2D eigenvalue weighted by atomic mass is 19.4. The molecule has 0 aliphatic heterocycles. The van der Waals surface area contributed by atoms with Crippen LogP contribution in [0.4, 0.5) is 13.2 Å². The first kappa shape index (κ1) is 21.0. The summed E-state index contributed by atoms with van der Waals surface area (Å²) in [5, 5.41) is 6.74. The predicted octanol–water partition coefficient (Wildman–Crippen LogP) is 3.08. The van der Waals surface area contributed by atoms with Crippen LogP contribution < -0.4 is 15.6 Å². The van der Waals surface area contributed by atoms with E-state index < -0.39 is 29.6 Å². The molecule has 0 aliphatic rings. The topological polar surface area (TPSA) is 86.1 Å². The Hall–Kier alpha value is -3.69. The lowest BCUT2D eigenvalue weighted by Crippen LogP contribution is -2.36. The van der Waals surface area contributed by atoms with Crippen molar-refractivity contribution in [3.05, 3.63) is 76.8 Å². The fraction of sp³-hybridized carbons (Fsp3) is 0.200. The molecule has 156 valence electrons. The molecule has 30 heavy (non-hydrogen) atoms. The average molecular weight is 418 g/mol. The van der Waals surface area contributed by atoms with E-state index in [1.54, 1.807) is 24.5 Å². The number of hydrogen-bond donors (Lipinski definition) is 1. The first-order valence-electron chi connectivity index (χ1n) is 8.86. The number of pyridine rings is 1. The second-order valence-electron chi connectivity index (χ2n) is 6.29. The molecular weight excluding hydrogens is 401 g/mol. The van der Waals surface area contributed by atoms with Crippen LogP contribution in [0.15, 0.2) is 65.7 Å². The van der Waals surface area contributed by atoms with E-state index in [0.29, 0.717) is 11.3 Å². The van der Waals surface area contributed by atoms with Gasteiger partial charge in [-0.15, -0.1) is 13.2 Å². The number of para-hydroxylation sites is 1. The second kappa shape index (κ2) is 8.76. The highest BCUT2D eigenvalue weighted by Crippen LogP contribution is 2.26. The number of benzene rings is 1. The molecular formula is C20H17F3N4O3. The Labute approximate surface area is 169 Å². The number of alkyl halides is 3. The Morgan fingerprint density at radius 2 is 1.83 bits per heavy atom. The number of halogens is 3. The van der Waals surface area contributed by atoms with Gasteiger partial charge in [0.25, 0.3) is 5.56 Å². The molecule has 0 aliphatic carbocycles. The molecule has 0 bridgehead atoms. The van der Waals surface area contributed by atoms with Crippen LogP contribution in [0.25, 0.3) is 11.3 Å². The maximum Gasteiger partial charge on any atom is 0.573 e. The molecule has 1 aromatic carbocycles. The van der Waals surface area contributed by atoms with E-state index in [4.69, 9.17) is 0 Å². The zero-order chi connectivity index (χ0) is 21.7. The van der Waals surface area contributed by atoms with Crippen molar-refractivity contribution in [2.24, 2.45) is 0 Å². The van der Waals surface area contributed by atoms with Crippen molar-refractivity contribution >= 4 is 5.91 Å². The van der Waals surface area contributed by atoms with Crippen LogP contribution in [0.3, 0.4) is 0 Å². The van der Waals surface area contributed by atoms with Crippen LogP contribution in [0.5, 0.6) is 5.75 Å².